The molecule has 1 atom stereocenters. The number of aryl methyl sites for hydroxylation is 1. The first-order valence-electron chi connectivity index (χ1n) is 10.1. The maximum absolute atomic E-state index is 14.6. The van der Waals surface area contributed by atoms with Crippen molar-refractivity contribution in [1.82, 2.24) is 14.9 Å². The normalized spacial score (nSPS) is 16.7. The highest BCUT2D eigenvalue weighted by Gasteiger charge is 2.29. The van der Waals surface area contributed by atoms with Crippen LogP contribution < -0.4 is 10.2 Å². The molecule has 1 aromatic carbocycles. The van der Waals surface area contributed by atoms with Gasteiger partial charge in [-0.15, -0.1) is 0 Å². The number of hydrogen-bond acceptors (Lipinski definition) is 6. The zero-order valence-corrected chi connectivity index (χ0v) is 17.8. The van der Waals surface area contributed by atoms with Crippen LogP contribution in [0.1, 0.15) is 18.9 Å². The predicted octanol–water partition coefficient (Wildman–Crippen LogP) is 3.64. The number of urea groups is 1. The number of nitrogens with one attached hydrogen (secondary N) is 1. The van der Waals surface area contributed by atoms with Crippen molar-refractivity contribution in [2.24, 2.45) is 0 Å². The van der Waals surface area contributed by atoms with Crippen LogP contribution in [0.3, 0.4) is 0 Å². The van der Waals surface area contributed by atoms with Crippen molar-refractivity contribution in [2.45, 2.75) is 25.8 Å². The highest BCUT2D eigenvalue weighted by molar-refractivity contribution is 7.22. The summed E-state index contributed by atoms with van der Waals surface area (Å²) in [6, 6.07) is 5.36. The number of pyridine rings is 1. The zero-order chi connectivity index (χ0) is 22.0. The molecule has 10 heteroatoms. The molecule has 0 unspecified atom stereocenters. The number of nitrogens with zero attached hydrogens (tertiary/aromatic N) is 4. The molecule has 0 spiro atoms. The molecule has 2 N–H and O–H groups in total. The molecule has 7 nitrogen and oxygen atoms in total. The minimum absolute atomic E-state index is 0.0539. The van der Waals surface area contributed by atoms with Crippen molar-refractivity contribution < 1.29 is 18.7 Å². The summed E-state index contributed by atoms with van der Waals surface area (Å²) in [7, 11) is 0. The molecule has 164 valence electrons. The first-order valence-corrected chi connectivity index (χ1v) is 10.9. The number of halogens is 2. The smallest absolute Gasteiger partial charge is 0.323 e. The Morgan fingerprint density at radius 3 is 2.90 bits per heavy atom. The molecule has 2 amide bonds. The van der Waals surface area contributed by atoms with Crippen LogP contribution >= 0.6 is 11.3 Å². The molecule has 1 saturated heterocycles. The van der Waals surface area contributed by atoms with Crippen molar-refractivity contribution in [2.75, 3.05) is 36.5 Å². The van der Waals surface area contributed by atoms with Gasteiger partial charge in [0.15, 0.2) is 16.8 Å². The number of amides is 2. The van der Waals surface area contributed by atoms with Gasteiger partial charge in [-0.25, -0.2) is 23.5 Å². The fraction of sp³-hybridized carbons (Fsp3) is 0.381. The Hall–Kier alpha value is -2.85. The van der Waals surface area contributed by atoms with Crippen LogP contribution in [0.5, 0.6) is 0 Å². The van der Waals surface area contributed by atoms with Crippen LogP contribution in [0.4, 0.5) is 24.5 Å². The third-order valence-corrected chi connectivity index (χ3v) is 6.20. The molecule has 1 aliphatic heterocycles. The topological polar surface area (TPSA) is 81.6 Å². The second kappa shape index (κ2) is 9.11. The van der Waals surface area contributed by atoms with E-state index in [0.717, 1.165) is 10.3 Å². The molecule has 0 radical (unpaired) electrons. The molecular weight excluding hydrogens is 424 g/mol. The molecule has 4 rings (SSSR count). The summed E-state index contributed by atoms with van der Waals surface area (Å²) in [6.45, 7) is 3.22. The standard InChI is InChI=1S/C21H23F2N5O2S/c1-13-12-27(21(30)26-20-25-17-10-15(22)4-5-18(17)31-20)6-7-28(13)19-16(23)9-14(11-24-19)3-2-8-29/h4-5,9-11,13,29H,2-3,6-8,12H2,1H3,(H,25,26,30)/t13-/m0/s1. The lowest BCUT2D eigenvalue weighted by Gasteiger charge is -2.40. The molecule has 1 fully saturated rings. The number of benzene rings is 1. The van der Waals surface area contributed by atoms with Gasteiger partial charge in [-0.05, 0) is 43.5 Å². The van der Waals surface area contributed by atoms with Crippen molar-refractivity contribution >= 4 is 38.5 Å². The Morgan fingerprint density at radius 2 is 2.16 bits per heavy atom. The molecule has 2 aromatic heterocycles. The average Bonchev–Trinajstić information content (AvgIpc) is 3.14. The minimum Gasteiger partial charge on any atom is -0.396 e. The Bertz CT molecular complexity index is 1090. The number of thiazole rings is 1. The quantitative estimate of drug-likeness (QED) is 0.624. The van der Waals surface area contributed by atoms with Gasteiger partial charge in [0.2, 0.25) is 0 Å². The third-order valence-electron chi connectivity index (χ3n) is 5.25. The number of rotatable bonds is 5. The van der Waals surface area contributed by atoms with E-state index in [-0.39, 0.29) is 30.3 Å². The van der Waals surface area contributed by atoms with Gasteiger partial charge in [0, 0.05) is 44.5 Å². The van der Waals surface area contributed by atoms with E-state index in [4.69, 9.17) is 5.11 Å². The van der Waals surface area contributed by atoms with Gasteiger partial charge < -0.3 is 14.9 Å². The first kappa shape index (κ1) is 21.4. The number of piperazine rings is 1. The van der Waals surface area contributed by atoms with Crippen molar-refractivity contribution in [3.63, 3.8) is 0 Å². The van der Waals surface area contributed by atoms with Crippen LogP contribution in [0.15, 0.2) is 30.5 Å². The number of anilines is 2. The van der Waals surface area contributed by atoms with Gasteiger partial charge in [-0.3, -0.25) is 5.32 Å². The second-order valence-electron chi connectivity index (χ2n) is 7.53. The Balaban J connectivity index is 1.39. The highest BCUT2D eigenvalue weighted by atomic mass is 32.1. The first-order chi connectivity index (χ1) is 14.9. The Labute approximate surface area is 182 Å². The summed E-state index contributed by atoms with van der Waals surface area (Å²) in [5.41, 5.74) is 1.25. The van der Waals surface area contributed by atoms with E-state index in [1.165, 1.54) is 29.5 Å². The highest BCUT2D eigenvalue weighted by Crippen LogP contribution is 2.27. The maximum Gasteiger partial charge on any atom is 0.323 e. The molecule has 0 aliphatic carbocycles. The number of aliphatic hydroxyl groups excluding tert-OH is 1. The van der Waals surface area contributed by atoms with E-state index in [9.17, 15) is 13.6 Å². The Kier molecular flexibility index (Phi) is 6.28. The number of hydrogen-bond donors (Lipinski definition) is 2. The van der Waals surface area contributed by atoms with E-state index in [2.05, 4.69) is 15.3 Å². The van der Waals surface area contributed by atoms with Gasteiger partial charge in [0.1, 0.15) is 5.82 Å². The minimum atomic E-state index is -0.401. The summed E-state index contributed by atoms with van der Waals surface area (Å²) < 4.78 is 28.8. The fourth-order valence-corrected chi connectivity index (χ4v) is 4.52. The average molecular weight is 448 g/mol. The SMILES string of the molecule is C[C@H]1CN(C(=O)Nc2nc3cc(F)ccc3s2)CCN1c1ncc(CCCO)cc1F. The summed E-state index contributed by atoms with van der Waals surface area (Å²) in [6.07, 6.45) is 2.77. The molecule has 0 saturated carbocycles. The summed E-state index contributed by atoms with van der Waals surface area (Å²) in [5.74, 6) is -0.502. The van der Waals surface area contributed by atoms with E-state index < -0.39 is 5.82 Å². The maximum atomic E-state index is 14.6. The molecule has 31 heavy (non-hydrogen) atoms. The number of carbonyl (C=O) groups excluding carboxylic acids is 1. The van der Waals surface area contributed by atoms with E-state index in [1.54, 1.807) is 17.2 Å². The second-order valence-corrected chi connectivity index (χ2v) is 8.56. The van der Waals surface area contributed by atoms with Crippen molar-refractivity contribution in [1.29, 1.82) is 0 Å². The largest absolute Gasteiger partial charge is 0.396 e. The summed E-state index contributed by atoms with van der Waals surface area (Å²) in [4.78, 5) is 24.8. The molecule has 1 aliphatic rings. The molecule has 3 heterocycles. The lowest BCUT2D eigenvalue weighted by atomic mass is 10.1. The lowest BCUT2D eigenvalue weighted by molar-refractivity contribution is 0.199. The van der Waals surface area contributed by atoms with Crippen LogP contribution in [0.25, 0.3) is 10.2 Å². The summed E-state index contributed by atoms with van der Waals surface area (Å²) >= 11 is 1.28. The molecular formula is C21H23F2N5O2S. The van der Waals surface area contributed by atoms with Gasteiger partial charge >= 0.3 is 6.03 Å². The monoisotopic (exact) mass is 447 g/mol. The van der Waals surface area contributed by atoms with Gasteiger partial charge in [0.05, 0.1) is 10.2 Å². The fourth-order valence-electron chi connectivity index (χ4n) is 3.68. The van der Waals surface area contributed by atoms with Gasteiger partial charge in [0.25, 0.3) is 0 Å². The van der Waals surface area contributed by atoms with Gasteiger partial charge in [-0.1, -0.05) is 11.3 Å². The van der Waals surface area contributed by atoms with Crippen molar-refractivity contribution in [3.05, 3.63) is 47.7 Å². The van der Waals surface area contributed by atoms with Crippen molar-refractivity contribution in [3.8, 4) is 0 Å². The predicted molar refractivity (Wildman–Crippen MR) is 117 cm³/mol. The third kappa shape index (κ3) is 4.75. The number of aromatic nitrogens is 2. The van der Waals surface area contributed by atoms with E-state index >= 15 is 0 Å². The van der Waals surface area contributed by atoms with Gasteiger partial charge in [-0.2, -0.15) is 0 Å². The number of carbonyl (C=O) groups is 1. The Morgan fingerprint density at radius 1 is 1.32 bits per heavy atom. The number of fused-ring (bicyclic) bond motifs is 1. The van der Waals surface area contributed by atoms with E-state index in [0.29, 0.717) is 43.1 Å². The summed E-state index contributed by atoms with van der Waals surface area (Å²) in [5, 5.41) is 12.1. The van der Waals surface area contributed by atoms with Crippen LogP contribution in [0.2, 0.25) is 0 Å². The van der Waals surface area contributed by atoms with Crippen LogP contribution in [0, 0.1) is 11.6 Å². The van der Waals surface area contributed by atoms with Crippen LogP contribution in [-0.4, -0.2) is 58.3 Å². The zero-order valence-electron chi connectivity index (χ0n) is 17.0. The lowest BCUT2D eigenvalue weighted by Crippen LogP contribution is -2.55. The molecule has 3 aromatic rings. The number of aliphatic hydroxyl groups is 1. The molecule has 0 bridgehead atoms. The van der Waals surface area contributed by atoms with E-state index in [1.807, 2.05) is 11.8 Å². The van der Waals surface area contributed by atoms with Crippen LogP contribution in [-0.2, 0) is 6.42 Å².